The molecule has 0 aliphatic carbocycles. The molecule has 0 spiro atoms. The highest BCUT2D eigenvalue weighted by molar-refractivity contribution is 7.90. The van der Waals surface area contributed by atoms with E-state index < -0.39 is 26.0 Å². The second kappa shape index (κ2) is 7.64. The summed E-state index contributed by atoms with van der Waals surface area (Å²) in [6.07, 6.45) is 0. The number of para-hydroxylation sites is 1. The van der Waals surface area contributed by atoms with Gasteiger partial charge in [-0.2, -0.15) is 0 Å². The van der Waals surface area contributed by atoms with Crippen LogP contribution in [-0.2, 0) is 20.0 Å². The van der Waals surface area contributed by atoms with Gasteiger partial charge in [-0.05, 0) is 43.4 Å². The van der Waals surface area contributed by atoms with Gasteiger partial charge in [0.15, 0.2) is 0 Å². The number of rotatable bonds is 6. The third kappa shape index (κ3) is 4.17. The minimum Gasteiger partial charge on any atom is -0.272 e. The Bertz CT molecular complexity index is 1240. The van der Waals surface area contributed by atoms with Gasteiger partial charge in [0.25, 0.3) is 15.9 Å². The Morgan fingerprint density at radius 3 is 2.07 bits per heavy atom. The van der Waals surface area contributed by atoms with Crippen molar-refractivity contribution in [3.63, 3.8) is 0 Å². The molecule has 0 bridgehead atoms. The zero-order valence-corrected chi connectivity index (χ0v) is 16.2. The molecular formula is C17H16N4O5S2. The van der Waals surface area contributed by atoms with E-state index >= 15 is 0 Å². The molecule has 0 aliphatic heterocycles. The number of nitrogens with one attached hydrogen (secondary N) is 3. The number of hydrogen-bond acceptors (Lipinski definition) is 6. The fourth-order valence-electron chi connectivity index (χ4n) is 2.34. The van der Waals surface area contributed by atoms with Crippen molar-refractivity contribution in [3.05, 3.63) is 66.4 Å². The Balaban J connectivity index is 1.74. The molecule has 0 atom stereocenters. The van der Waals surface area contributed by atoms with Crippen LogP contribution < -0.4 is 15.0 Å². The van der Waals surface area contributed by atoms with E-state index in [4.69, 9.17) is 0 Å². The molecule has 0 saturated carbocycles. The van der Waals surface area contributed by atoms with Gasteiger partial charge in [-0.3, -0.25) is 10.2 Å². The smallest absolute Gasteiger partial charge is 0.272 e. The number of nitrogens with zero attached hydrogens (tertiary/aromatic N) is 1. The van der Waals surface area contributed by atoms with Crippen molar-refractivity contribution in [3.8, 4) is 0 Å². The number of sulfonamides is 2. The quantitative estimate of drug-likeness (QED) is 0.504. The molecule has 3 rings (SSSR count). The van der Waals surface area contributed by atoms with Gasteiger partial charge < -0.3 is 0 Å². The lowest BCUT2D eigenvalue weighted by molar-refractivity contribution is 0.0940. The van der Waals surface area contributed by atoms with Crippen LogP contribution in [0.15, 0.2) is 70.5 Å². The van der Waals surface area contributed by atoms with Crippen molar-refractivity contribution in [2.45, 2.75) is 9.79 Å². The van der Waals surface area contributed by atoms with Crippen LogP contribution in [-0.4, -0.2) is 34.8 Å². The molecule has 0 saturated heterocycles. The highest BCUT2D eigenvalue weighted by atomic mass is 32.2. The van der Waals surface area contributed by atoms with E-state index in [1.807, 2.05) is 17.0 Å². The zero-order chi connectivity index (χ0) is 20.4. The number of carbonyl (C=O) groups is 1. The monoisotopic (exact) mass is 420 g/mol. The Kier molecular flexibility index (Phi) is 5.42. The summed E-state index contributed by atoms with van der Waals surface area (Å²) in [5, 5.41) is 0.844. The highest BCUT2D eigenvalue weighted by Gasteiger charge is 2.18. The maximum atomic E-state index is 12.3. The first kappa shape index (κ1) is 19.9. The molecule has 1 amide bonds. The predicted octanol–water partition coefficient (Wildman–Crippen LogP) is 0.766. The van der Waals surface area contributed by atoms with Gasteiger partial charge in [0.05, 0.1) is 15.3 Å². The van der Waals surface area contributed by atoms with Gasteiger partial charge in [0, 0.05) is 5.39 Å². The Labute approximate surface area is 161 Å². The molecule has 11 heteroatoms. The minimum atomic E-state index is -4.10. The number of fused-ring (bicyclic) bond motifs is 1. The average Bonchev–Trinajstić information content (AvgIpc) is 2.71. The summed E-state index contributed by atoms with van der Waals surface area (Å²) in [4.78, 5) is 18.0. The third-order valence-corrected chi connectivity index (χ3v) is 6.54. The number of carbonyl (C=O) groups excluding carboxylic acids is 1. The fraction of sp³-hybridized carbons (Fsp3) is 0.0588. The largest absolute Gasteiger partial charge is 0.284 e. The maximum Gasteiger partial charge on any atom is 0.284 e. The number of hydrazine groups is 1. The lowest BCUT2D eigenvalue weighted by atomic mass is 10.2. The summed E-state index contributed by atoms with van der Waals surface area (Å²) < 4.78 is 50.1. The molecule has 0 radical (unpaired) electrons. The van der Waals surface area contributed by atoms with E-state index in [1.54, 1.807) is 18.2 Å². The molecular weight excluding hydrogens is 404 g/mol. The van der Waals surface area contributed by atoms with E-state index in [0.717, 1.165) is 29.7 Å². The molecule has 0 unspecified atom stereocenters. The molecule has 0 fully saturated rings. The van der Waals surface area contributed by atoms with Gasteiger partial charge in [-0.25, -0.2) is 26.5 Å². The summed E-state index contributed by atoms with van der Waals surface area (Å²) in [5.74, 6) is -0.733. The Morgan fingerprint density at radius 1 is 0.821 bits per heavy atom. The van der Waals surface area contributed by atoms with Crippen LogP contribution >= 0.6 is 0 Å². The van der Waals surface area contributed by atoms with Crippen molar-refractivity contribution >= 4 is 36.9 Å². The minimum absolute atomic E-state index is 0.0388. The van der Waals surface area contributed by atoms with Crippen molar-refractivity contribution in [1.82, 2.24) is 20.0 Å². The van der Waals surface area contributed by atoms with Crippen molar-refractivity contribution in [2.24, 2.45) is 0 Å². The van der Waals surface area contributed by atoms with Crippen LogP contribution in [0.2, 0.25) is 0 Å². The second-order valence-corrected chi connectivity index (χ2v) is 9.20. The average molecular weight is 420 g/mol. The molecule has 146 valence electrons. The molecule has 9 nitrogen and oxygen atoms in total. The number of hydrogen-bond donors (Lipinski definition) is 3. The van der Waals surface area contributed by atoms with Crippen LogP contribution in [0.3, 0.4) is 0 Å². The molecule has 0 aliphatic rings. The summed E-state index contributed by atoms with van der Waals surface area (Å²) in [5.41, 5.74) is 2.72. The Hall–Kier alpha value is -2.86. The molecule has 2 aromatic carbocycles. The number of pyridine rings is 1. The first-order valence-corrected chi connectivity index (χ1v) is 10.9. The van der Waals surface area contributed by atoms with Gasteiger partial charge in [-0.1, -0.05) is 24.3 Å². The lowest BCUT2D eigenvalue weighted by Crippen LogP contribution is -2.41. The van der Waals surface area contributed by atoms with E-state index in [2.05, 4.69) is 15.1 Å². The zero-order valence-electron chi connectivity index (χ0n) is 14.6. The van der Waals surface area contributed by atoms with Crippen LogP contribution in [0.5, 0.6) is 0 Å². The maximum absolute atomic E-state index is 12.3. The van der Waals surface area contributed by atoms with Crippen LogP contribution in [0.1, 0.15) is 10.5 Å². The number of benzene rings is 2. The SMILES string of the molecule is CNS(=O)(=O)c1ccc(S(=O)(=O)NNC(=O)c2ccc3ccccc3n2)cc1. The standard InChI is InChI=1S/C17H16N4O5S2/c1-18-27(23,24)13-7-9-14(10-8-13)28(25,26)21-20-17(22)16-11-6-12-4-2-3-5-15(12)19-16/h2-11,18,21H,1H3,(H,20,22). The molecule has 3 N–H and O–H groups in total. The normalized spacial score (nSPS) is 12.0. The van der Waals surface area contributed by atoms with E-state index in [1.165, 1.54) is 13.1 Å². The summed E-state index contributed by atoms with van der Waals surface area (Å²) in [7, 11) is -6.54. The van der Waals surface area contributed by atoms with Gasteiger partial charge in [-0.15, -0.1) is 4.83 Å². The van der Waals surface area contributed by atoms with Crippen molar-refractivity contribution in [1.29, 1.82) is 0 Å². The van der Waals surface area contributed by atoms with E-state index in [-0.39, 0.29) is 15.5 Å². The molecule has 1 aromatic heterocycles. The van der Waals surface area contributed by atoms with Gasteiger partial charge in [0.1, 0.15) is 5.69 Å². The number of aromatic nitrogens is 1. The van der Waals surface area contributed by atoms with E-state index in [0.29, 0.717) is 5.52 Å². The number of amides is 1. The van der Waals surface area contributed by atoms with Crippen LogP contribution in [0, 0.1) is 0 Å². The fourth-order valence-corrected chi connectivity index (χ4v) is 3.91. The lowest BCUT2D eigenvalue weighted by Gasteiger charge is -2.09. The van der Waals surface area contributed by atoms with E-state index in [9.17, 15) is 21.6 Å². The van der Waals surface area contributed by atoms with Crippen LogP contribution in [0.4, 0.5) is 0 Å². The molecule has 28 heavy (non-hydrogen) atoms. The summed E-state index contributed by atoms with van der Waals surface area (Å²) in [6, 6.07) is 14.9. The molecule has 1 heterocycles. The molecule has 3 aromatic rings. The third-order valence-electron chi connectivity index (χ3n) is 3.84. The topological polar surface area (TPSA) is 134 Å². The summed E-state index contributed by atoms with van der Waals surface area (Å²) in [6.45, 7) is 0. The first-order valence-electron chi connectivity index (χ1n) is 7.94. The summed E-state index contributed by atoms with van der Waals surface area (Å²) >= 11 is 0. The van der Waals surface area contributed by atoms with Crippen molar-refractivity contribution in [2.75, 3.05) is 7.05 Å². The van der Waals surface area contributed by atoms with Gasteiger partial charge >= 0.3 is 0 Å². The Morgan fingerprint density at radius 2 is 1.43 bits per heavy atom. The second-order valence-electron chi connectivity index (χ2n) is 5.63. The van der Waals surface area contributed by atoms with Crippen LogP contribution in [0.25, 0.3) is 10.9 Å². The van der Waals surface area contributed by atoms with Gasteiger partial charge in [0.2, 0.25) is 10.0 Å². The first-order chi connectivity index (χ1) is 13.2. The predicted molar refractivity (Wildman–Crippen MR) is 102 cm³/mol. The van der Waals surface area contributed by atoms with Crippen molar-refractivity contribution < 1.29 is 21.6 Å². The highest BCUT2D eigenvalue weighted by Crippen LogP contribution is 2.14.